The van der Waals surface area contributed by atoms with E-state index in [0.29, 0.717) is 6.61 Å². The van der Waals surface area contributed by atoms with Crippen LogP contribution in [-0.2, 0) is 0 Å². The number of benzene rings is 1. The molecule has 1 aliphatic carbocycles. The monoisotopic (exact) mass is 344 g/mol. The second kappa shape index (κ2) is 7.99. The van der Waals surface area contributed by atoms with Gasteiger partial charge in [0.25, 0.3) is 0 Å². The summed E-state index contributed by atoms with van der Waals surface area (Å²) in [5.41, 5.74) is 1.21. The zero-order valence-corrected chi connectivity index (χ0v) is 15.2. The fraction of sp³-hybridized carbons (Fsp3) is 0.526. The lowest BCUT2D eigenvalue weighted by Crippen LogP contribution is -2.55. The average molecular weight is 344 g/mol. The van der Waals surface area contributed by atoms with E-state index in [2.05, 4.69) is 34.4 Å². The molecule has 0 spiro atoms. The molecule has 0 aliphatic heterocycles. The molecule has 4 atom stereocenters. The van der Waals surface area contributed by atoms with Crippen molar-refractivity contribution in [1.82, 2.24) is 20.0 Å². The molecular weight excluding hydrogens is 316 g/mol. The molecule has 6 heteroatoms. The second-order valence-corrected chi connectivity index (χ2v) is 7.00. The number of rotatable bonds is 8. The number of aliphatic hydroxyl groups is 1. The van der Waals surface area contributed by atoms with Gasteiger partial charge in [0.2, 0.25) is 0 Å². The Labute approximate surface area is 149 Å². The Morgan fingerprint density at radius 3 is 2.72 bits per heavy atom. The van der Waals surface area contributed by atoms with Crippen LogP contribution < -0.4 is 10.1 Å². The quantitative estimate of drug-likeness (QED) is 0.765. The average Bonchev–Trinajstić information content (AvgIpc) is 3.08. The molecule has 1 fully saturated rings. The van der Waals surface area contributed by atoms with E-state index in [-0.39, 0.29) is 24.2 Å². The molecule has 25 heavy (non-hydrogen) atoms. The molecule has 1 aromatic carbocycles. The van der Waals surface area contributed by atoms with Crippen molar-refractivity contribution in [2.75, 3.05) is 27.2 Å². The first-order chi connectivity index (χ1) is 12.0. The van der Waals surface area contributed by atoms with Crippen molar-refractivity contribution in [2.45, 2.75) is 37.6 Å². The van der Waals surface area contributed by atoms with Gasteiger partial charge >= 0.3 is 0 Å². The third kappa shape index (κ3) is 4.39. The number of nitrogens with one attached hydrogen (secondary N) is 1. The smallest absolute Gasteiger partial charge is 0.119 e. The van der Waals surface area contributed by atoms with Crippen LogP contribution in [0, 0.1) is 0 Å². The van der Waals surface area contributed by atoms with Crippen molar-refractivity contribution in [3.63, 3.8) is 0 Å². The van der Waals surface area contributed by atoms with Gasteiger partial charge in [-0.3, -0.25) is 4.68 Å². The van der Waals surface area contributed by atoms with Crippen molar-refractivity contribution < 1.29 is 9.84 Å². The number of ether oxygens (including phenoxy) is 1. The fourth-order valence-corrected chi connectivity index (χ4v) is 3.21. The summed E-state index contributed by atoms with van der Waals surface area (Å²) in [6.07, 6.45) is 4.07. The predicted octanol–water partition coefficient (Wildman–Crippen LogP) is 1.85. The molecule has 1 aromatic heterocycles. The van der Waals surface area contributed by atoms with Crippen molar-refractivity contribution in [1.29, 1.82) is 0 Å². The standard InChI is InChI=1S/C19H28N4O2/c1-14(15-5-7-16(8-6-15)25-12-11-22(2)3)21-17-13-18(24)19(17)23-10-4-9-20-23/h4-10,14,17-19,21,24H,11-13H2,1-3H3/t14?,17-,18+,19+/m0/s1. The molecule has 2 N–H and O–H groups in total. The van der Waals surface area contributed by atoms with Gasteiger partial charge in [-0.15, -0.1) is 0 Å². The van der Waals surface area contributed by atoms with Crippen LogP contribution in [0.1, 0.15) is 31.0 Å². The Kier molecular flexibility index (Phi) is 5.73. The van der Waals surface area contributed by atoms with E-state index in [4.69, 9.17) is 4.74 Å². The van der Waals surface area contributed by atoms with Gasteiger partial charge < -0.3 is 20.1 Å². The number of aliphatic hydroxyl groups excluding tert-OH is 1. The summed E-state index contributed by atoms with van der Waals surface area (Å²) < 4.78 is 7.59. The summed E-state index contributed by atoms with van der Waals surface area (Å²) in [4.78, 5) is 2.10. The highest BCUT2D eigenvalue weighted by Crippen LogP contribution is 2.34. The minimum absolute atomic E-state index is 0.00564. The molecule has 0 saturated heterocycles. The molecule has 136 valence electrons. The van der Waals surface area contributed by atoms with Gasteiger partial charge in [0.15, 0.2) is 0 Å². The second-order valence-electron chi connectivity index (χ2n) is 7.00. The van der Waals surface area contributed by atoms with Crippen molar-refractivity contribution in [2.24, 2.45) is 0 Å². The van der Waals surface area contributed by atoms with Crippen LogP contribution in [0.25, 0.3) is 0 Å². The molecule has 0 radical (unpaired) electrons. The van der Waals surface area contributed by atoms with Crippen molar-refractivity contribution in [3.8, 4) is 5.75 Å². The molecule has 1 aliphatic rings. The topological polar surface area (TPSA) is 62.6 Å². The van der Waals surface area contributed by atoms with Gasteiger partial charge in [-0.25, -0.2) is 0 Å². The van der Waals surface area contributed by atoms with Gasteiger partial charge in [-0.2, -0.15) is 5.10 Å². The number of aromatic nitrogens is 2. The third-order valence-electron chi connectivity index (χ3n) is 4.78. The molecule has 6 nitrogen and oxygen atoms in total. The Balaban J connectivity index is 1.54. The van der Waals surface area contributed by atoms with Crippen LogP contribution in [0.3, 0.4) is 0 Å². The zero-order chi connectivity index (χ0) is 17.8. The van der Waals surface area contributed by atoms with E-state index in [1.165, 1.54) is 5.56 Å². The van der Waals surface area contributed by atoms with E-state index in [9.17, 15) is 5.11 Å². The molecule has 1 heterocycles. The number of hydrogen-bond acceptors (Lipinski definition) is 5. The minimum atomic E-state index is -0.336. The predicted molar refractivity (Wildman–Crippen MR) is 97.7 cm³/mol. The summed E-state index contributed by atoms with van der Waals surface area (Å²) >= 11 is 0. The van der Waals surface area contributed by atoms with Gasteiger partial charge in [0, 0.05) is 31.0 Å². The van der Waals surface area contributed by atoms with Crippen LogP contribution in [0.15, 0.2) is 42.7 Å². The lowest BCUT2D eigenvalue weighted by atomic mass is 9.82. The van der Waals surface area contributed by atoms with Crippen LogP contribution in [0.4, 0.5) is 0 Å². The van der Waals surface area contributed by atoms with Gasteiger partial charge in [-0.05, 0) is 51.2 Å². The normalized spacial score (nSPS) is 24.1. The maximum absolute atomic E-state index is 10.1. The molecule has 0 bridgehead atoms. The molecular formula is C19H28N4O2. The zero-order valence-electron chi connectivity index (χ0n) is 15.2. The van der Waals surface area contributed by atoms with E-state index < -0.39 is 0 Å². The van der Waals surface area contributed by atoms with Crippen LogP contribution in [0.5, 0.6) is 5.75 Å². The number of likely N-dealkylation sites (N-methyl/N-ethyl adjacent to an activating group) is 1. The summed E-state index contributed by atoms with van der Waals surface area (Å²) in [5, 5.41) is 17.9. The van der Waals surface area contributed by atoms with Gasteiger partial charge in [0.05, 0.1) is 12.1 Å². The molecule has 3 rings (SSSR count). The van der Waals surface area contributed by atoms with E-state index in [0.717, 1.165) is 18.7 Å². The van der Waals surface area contributed by atoms with E-state index in [1.807, 2.05) is 43.2 Å². The SMILES string of the molecule is CC(N[C@H]1C[C@@H](O)[C@@H]1n1cccn1)c1ccc(OCCN(C)C)cc1. The van der Waals surface area contributed by atoms with Crippen molar-refractivity contribution in [3.05, 3.63) is 48.3 Å². The maximum Gasteiger partial charge on any atom is 0.119 e. The van der Waals surface area contributed by atoms with Crippen molar-refractivity contribution >= 4 is 0 Å². The van der Waals surface area contributed by atoms with E-state index in [1.54, 1.807) is 6.20 Å². The Bertz CT molecular complexity index is 642. The highest BCUT2D eigenvalue weighted by Gasteiger charge is 2.42. The first kappa shape index (κ1) is 17.9. The summed E-state index contributed by atoms with van der Waals surface area (Å²) in [6, 6.07) is 10.5. The summed E-state index contributed by atoms with van der Waals surface area (Å²) in [7, 11) is 4.07. The van der Waals surface area contributed by atoms with Crippen LogP contribution in [0.2, 0.25) is 0 Å². The highest BCUT2D eigenvalue weighted by molar-refractivity contribution is 5.29. The largest absolute Gasteiger partial charge is 0.492 e. The lowest BCUT2D eigenvalue weighted by Gasteiger charge is -2.43. The lowest BCUT2D eigenvalue weighted by molar-refractivity contribution is -0.0110. The Morgan fingerprint density at radius 2 is 2.12 bits per heavy atom. The first-order valence-electron chi connectivity index (χ1n) is 8.85. The Hall–Kier alpha value is -1.89. The number of nitrogens with zero attached hydrogens (tertiary/aromatic N) is 3. The van der Waals surface area contributed by atoms with Crippen LogP contribution >= 0.6 is 0 Å². The maximum atomic E-state index is 10.1. The molecule has 0 amide bonds. The molecule has 2 aromatic rings. The summed E-state index contributed by atoms with van der Waals surface area (Å²) in [6.45, 7) is 3.73. The molecule has 1 saturated carbocycles. The van der Waals surface area contributed by atoms with Crippen LogP contribution in [-0.4, -0.2) is 59.2 Å². The summed E-state index contributed by atoms with van der Waals surface area (Å²) in [5.74, 6) is 0.895. The first-order valence-corrected chi connectivity index (χ1v) is 8.85. The van der Waals surface area contributed by atoms with E-state index >= 15 is 0 Å². The highest BCUT2D eigenvalue weighted by atomic mass is 16.5. The number of hydrogen-bond donors (Lipinski definition) is 2. The fourth-order valence-electron chi connectivity index (χ4n) is 3.21. The minimum Gasteiger partial charge on any atom is -0.492 e. The van der Waals surface area contributed by atoms with Gasteiger partial charge in [-0.1, -0.05) is 12.1 Å². The van der Waals surface area contributed by atoms with Gasteiger partial charge in [0.1, 0.15) is 12.4 Å². The third-order valence-corrected chi connectivity index (χ3v) is 4.78. The molecule has 1 unspecified atom stereocenters. The Morgan fingerprint density at radius 1 is 1.36 bits per heavy atom.